The predicted octanol–water partition coefficient (Wildman–Crippen LogP) is 5.26. The Bertz CT molecular complexity index is 1210. The highest BCUT2D eigenvalue weighted by atomic mass is 32.2. The number of hydrogen-bond donors (Lipinski definition) is 0. The number of likely N-dealkylation sites (tertiary alicyclic amines) is 1. The Hall–Kier alpha value is -2.67. The highest BCUT2D eigenvalue weighted by molar-refractivity contribution is 7.91. The van der Waals surface area contributed by atoms with E-state index in [0.29, 0.717) is 0 Å². The van der Waals surface area contributed by atoms with Crippen molar-refractivity contribution in [2.24, 2.45) is 0 Å². The number of aromatic nitrogens is 3. The summed E-state index contributed by atoms with van der Waals surface area (Å²) in [5.41, 5.74) is 6.64. The number of piperidine rings is 1. The van der Waals surface area contributed by atoms with E-state index < -0.39 is 0 Å². The first-order chi connectivity index (χ1) is 16.2. The molecule has 0 saturated carbocycles. The topological polar surface area (TPSA) is 42.7 Å². The predicted molar refractivity (Wildman–Crippen MR) is 136 cm³/mol. The number of fused-ring (bicyclic) bond motifs is 1. The van der Waals surface area contributed by atoms with E-state index in [-0.39, 0.29) is 11.2 Å². The van der Waals surface area contributed by atoms with Gasteiger partial charge in [-0.25, -0.2) is 9.50 Å². The summed E-state index contributed by atoms with van der Waals surface area (Å²) in [6.45, 7) is 3.67. The molecule has 1 unspecified atom stereocenters. The van der Waals surface area contributed by atoms with Gasteiger partial charge in [-0.3, -0.25) is 0 Å². The molecule has 2 aromatic heterocycles. The molecule has 5 nitrogen and oxygen atoms in total. The first kappa shape index (κ1) is 22.1. The molecule has 0 radical (unpaired) electrons. The fraction of sp³-hybridized carbons (Fsp3) is 0.333. The minimum absolute atomic E-state index is 0.230. The molecule has 0 amide bonds. The Labute approximate surface area is 199 Å². The van der Waals surface area contributed by atoms with Gasteiger partial charge >= 0.3 is 0 Å². The van der Waals surface area contributed by atoms with Gasteiger partial charge in [-0.2, -0.15) is 9.28 Å². The SMILES string of the molecule is CO[S+](C)c1cccc(-c2cnn3cc(-c4ccc(CCN5CCCCC5)cc4)cnc23)c1. The third kappa shape index (κ3) is 4.98. The third-order valence-corrected chi connectivity index (χ3v) is 7.95. The van der Waals surface area contributed by atoms with Crippen LogP contribution in [-0.2, 0) is 21.8 Å². The average Bonchev–Trinajstić information content (AvgIpc) is 3.31. The second-order valence-electron chi connectivity index (χ2n) is 8.67. The van der Waals surface area contributed by atoms with E-state index in [2.05, 4.69) is 71.0 Å². The smallest absolute Gasteiger partial charge is 0.190 e. The lowest BCUT2D eigenvalue weighted by Crippen LogP contribution is -2.31. The van der Waals surface area contributed by atoms with E-state index in [1.54, 1.807) is 7.11 Å². The summed E-state index contributed by atoms with van der Waals surface area (Å²) >= 11 is -0.230. The van der Waals surface area contributed by atoms with Crippen molar-refractivity contribution in [3.63, 3.8) is 0 Å². The van der Waals surface area contributed by atoms with Crippen LogP contribution in [0.4, 0.5) is 0 Å². The number of hydrogen-bond acceptors (Lipinski definition) is 4. The molecule has 170 valence electrons. The van der Waals surface area contributed by atoms with Gasteiger partial charge in [-0.15, -0.1) is 0 Å². The largest absolute Gasteiger partial charge is 0.303 e. The van der Waals surface area contributed by atoms with Crippen LogP contribution in [0.15, 0.2) is 72.0 Å². The lowest BCUT2D eigenvalue weighted by molar-refractivity contribution is 0.231. The van der Waals surface area contributed by atoms with E-state index in [0.717, 1.165) is 35.3 Å². The van der Waals surface area contributed by atoms with Crippen LogP contribution in [0, 0.1) is 0 Å². The fourth-order valence-electron chi connectivity index (χ4n) is 4.50. The van der Waals surface area contributed by atoms with Gasteiger partial charge in [0.2, 0.25) is 0 Å². The summed E-state index contributed by atoms with van der Waals surface area (Å²) < 4.78 is 7.38. The second kappa shape index (κ2) is 10.1. The number of benzene rings is 2. The molecule has 6 heteroatoms. The van der Waals surface area contributed by atoms with E-state index in [4.69, 9.17) is 9.17 Å². The standard InChI is InChI=1S/C27H31N4OS/c1-32-33(2)25-8-6-7-23(17-25)26-19-29-31-20-24(18-28-27(26)31)22-11-9-21(10-12-22)13-16-30-14-4-3-5-15-30/h6-12,17-20H,3-5,13-16H2,1-2H3/q+1. The Morgan fingerprint density at radius 1 is 0.939 bits per heavy atom. The highest BCUT2D eigenvalue weighted by Crippen LogP contribution is 2.28. The molecule has 5 rings (SSSR count). The van der Waals surface area contributed by atoms with Crippen molar-refractivity contribution in [1.29, 1.82) is 0 Å². The molecule has 1 atom stereocenters. The summed E-state index contributed by atoms with van der Waals surface area (Å²) in [5.74, 6) is 0. The summed E-state index contributed by atoms with van der Waals surface area (Å²) in [6.07, 6.45) is 13.2. The zero-order valence-corrected chi connectivity index (χ0v) is 20.2. The van der Waals surface area contributed by atoms with E-state index in [1.165, 1.54) is 48.4 Å². The molecule has 33 heavy (non-hydrogen) atoms. The summed E-state index contributed by atoms with van der Waals surface area (Å²) in [6, 6.07) is 17.3. The molecule has 0 bridgehead atoms. The van der Waals surface area contributed by atoms with Crippen LogP contribution in [0.2, 0.25) is 0 Å². The highest BCUT2D eigenvalue weighted by Gasteiger charge is 2.18. The van der Waals surface area contributed by atoms with Gasteiger partial charge in [0, 0.05) is 36.1 Å². The van der Waals surface area contributed by atoms with Gasteiger partial charge in [0.05, 0.1) is 13.3 Å². The van der Waals surface area contributed by atoms with Crippen molar-refractivity contribution < 1.29 is 4.18 Å². The van der Waals surface area contributed by atoms with Gasteiger partial charge in [-0.1, -0.05) is 42.8 Å². The van der Waals surface area contributed by atoms with Crippen molar-refractivity contribution in [2.75, 3.05) is 33.0 Å². The Morgan fingerprint density at radius 3 is 2.55 bits per heavy atom. The summed E-state index contributed by atoms with van der Waals surface area (Å²) in [7, 11) is 1.75. The Morgan fingerprint density at radius 2 is 1.76 bits per heavy atom. The molecule has 1 saturated heterocycles. The molecule has 1 aliphatic rings. The molecule has 0 N–H and O–H groups in total. The van der Waals surface area contributed by atoms with Crippen LogP contribution in [-0.4, -0.2) is 52.5 Å². The Balaban J connectivity index is 1.33. The maximum Gasteiger partial charge on any atom is 0.190 e. The number of rotatable bonds is 7. The summed E-state index contributed by atoms with van der Waals surface area (Å²) in [4.78, 5) is 8.54. The van der Waals surface area contributed by atoms with Gasteiger partial charge in [0.1, 0.15) is 6.26 Å². The monoisotopic (exact) mass is 459 g/mol. The van der Waals surface area contributed by atoms with E-state index >= 15 is 0 Å². The van der Waals surface area contributed by atoms with Crippen LogP contribution in [0.25, 0.3) is 27.9 Å². The zero-order chi connectivity index (χ0) is 22.6. The lowest BCUT2D eigenvalue weighted by Gasteiger charge is -2.26. The maximum atomic E-state index is 5.50. The van der Waals surface area contributed by atoms with Crippen molar-refractivity contribution in [3.8, 4) is 22.3 Å². The van der Waals surface area contributed by atoms with Crippen molar-refractivity contribution in [1.82, 2.24) is 19.5 Å². The molecule has 0 aliphatic carbocycles. The third-order valence-electron chi connectivity index (χ3n) is 6.54. The van der Waals surface area contributed by atoms with Gasteiger partial charge in [0.15, 0.2) is 21.7 Å². The Kier molecular flexibility index (Phi) is 6.76. The lowest BCUT2D eigenvalue weighted by atomic mass is 10.0. The molecule has 1 fully saturated rings. The van der Waals surface area contributed by atoms with Crippen molar-refractivity contribution in [2.45, 2.75) is 30.6 Å². The second-order valence-corrected chi connectivity index (χ2v) is 10.4. The molecular weight excluding hydrogens is 428 g/mol. The van der Waals surface area contributed by atoms with Gasteiger partial charge < -0.3 is 4.90 Å². The number of nitrogens with zero attached hydrogens (tertiary/aromatic N) is 4. The van der Waals surface area contributed by atoms with Crippen LogP contribution >= 0.6 is 0 Å². The van der Waals surface area contributed by atoms with E-state index in [1.807, 2.05) is 16.9 Å². The fourth-order valence-corrected chi connectivity index (χ4v) is 5.26. The first-order valence-corrected chi connectivity index (χ1v) is 13.2. The summed E-state index contributed by atoms with van der Waals surface area (Å²) in [5, 5.41) is 4.59. The van der Waals surface area contributed by atoms with Gasteiger partial charge in [-0.05, 0) is 55.1 Å². The minimum Gasteiger partial charge on any atom is -0.303 e. The minimum atomic E-state index is -0.230. The quantitative estimate of drug-likeness (QED) is 0.354. The van der Waals surface area contributed by atoms with Crippen LogP contribution < -0.4 is 0 Å². The first-order valence-electron chi connectivity index (χ1n) is 11.7. The molecule has 0 spiro atoms. The molecular formula is C27H31N4OS+. The van der Waals surface area contributed by atoms with Crippen LogP contribution in [0.5, 0.6) is 0 Å². The molecule has 1 aliphatic heterocycles. The molecule has 3 heterocycles. The molecule has 2 aromatic carbocycles. The molecule has 4 aromatic rings. The normalized spacial score (nSPS) is 15.7. The van der Waals surface area contributed by atoms with Crippen molar-refractivity contribution in [3.05, 3.63) is 72.7 Å². The average molecular weight is 460 g/mol. The van der Waals surface area contributed by atoms with Crippen molar-refractivity contribution >= 4 is 16.8 Å². The van der Waals surface area contributed by atoms with Gasteiger partial charge in [0.25, 0.3) is 0 Å². The maximum absolute atomic E-state index is 5.50. The zero-order valence-electron chi connectivity index (χ0n) is 19.4. The van der Waals surface area contributed by atoms with E-state index in [9.17, 15) is 0 Å². The van der Waals surface area contributed by atoms with Crippen LogP contribution in [0.3, 0.4) is 0 Å². The van der Waals surface area contributed by atoms with Crippen LogP contribution in [0.1, 0.15) is 24.8 Å².